The van der Waals surface area contributed by atoms with Crippen LogP contribution in [0.2, 0.25) is 10.0 Å². The highest BCUT2D eigenvalue weighted by molar-refractivity contribution is 6.34. The fourth-order valence-electron chi connectivity index (χ4n) is 3.86. The molecule has 234 valence electrons. The number of hydrazine groups is 1. The van der Waals surface area contributed by atoms with E-state index >= 15 is 0 Å². The van der Waals surface area contributed by atoms with Gasteiger partial charge in [-0.2, -0.15) is 0 Å². The average molecular weight is 664 g/mol. The van der Waals surface area contributed by atoms with Crippen LogP contribution in [0.3, 0.4) is 0 Å². The van der Waals surface area contributed by atoms with Gasteiger partial charge in [0, 0.05) is 16.8 Å². The zero-order chi connectivity index (χ0) is 33.2. The molecule has 0 aliphatic rings. The number of esters is 2. The minimum atomic E-state index is -2.39. The number of hydrogen-bond acceptors (Lipinski definition) is 8. The van der Waals surface area contributed by atoms with Crippen molar-refractivity contribution in [1.82, 2.24) is 10.9 Å². The molecule has 46 heavy (non-hydrogen) atoms. The summed E-state index contributed by atoms with van der Waals surface area (Å²) in [7, 11) is 0. The van der Waals surface area contributed by atoms with Crippen LogP contribution in [0.1, 0.15) is 41.4 Å². The normalized spacial score (nSPS) is 11.7. The summed E-state index contributed by atoms with van der Waals surface area (Å²) in [6.45, 7) is 0. The number of benzene rings is 4. The lowest BCUT2D eigenvalue weighted by atomic mass is 10.1. The summed E-state index contributed by atoms with van der Waals surface area (Å²) in [5, 5.41) is 12.4. The van der Waals surface area contributed by atoms with Gasteiger partial charge in [0.2, 0.25) is 12.2 Å². The number of aliphatic carboxylic acids is 1. The van der Waals surface area contributed by atoms with Gasteiger partial charge in [-0.25, -0.2) is 14.4 Å². The molecule has 4 rings (SSSR count). The van der Waals surface area contributed by atoms with Crippen LogP contribution in [0.5, 0.6) is 0 Å². The summed E-state index contributed by atoms with van der Waals surface area (Å²) in [4.78, 5) is 76.3. The Balaban J connectivity index is 1.49. The highest BCUT2D eigenvalue weighted by Gasteiger charge is 2.41. The van der Waals surface area contributed by atoms with E-state index in [1.807, 2.05) is 5.43 Å². The maximum atomic E-state index is 13.2. The van der Waals surface area contributed by atoms with Crippen molar-refractivity contribution in [3.63, 3.8) is 0 Å². The lowest BCUT2D eigenvalue weighted by Gasteiger charge is -2.24. The summed E-state index contributed by atoms with van der Waals surface area (Å²) in [6, 6.07) is 25.2. The second kappa shape index (κ2) is 15.3. The van der Waals surface area contributed by atoms with Crippen molar-refractivity contribution in [1.29, 1.82) is 0 Å². The van der Waals surface area contributed by atoms with E-state index in [1.165, 1.54) is 72.8 Å². The molecule has 0 spiro atoms. The molecule has 0 heterocycles. The fraction of sp³-hybridized carbons (Fsp3) is 0.0625. The predicted molar refractivity (Wildman–Crippen MR) is 165 cm³/mol. The first-order chi connectivity index (χ1) is 22.0. The first-order valence-electron chi connectivity index (χ1n) is 13.3. The maximum Gasteiger partial charge on any atom is 0.349 e. The number of anilines is 1. The van der Waals surface area contributed by atoms with E-state index in [2.05, 4.69) is 10.7 Å². The number of carbonyl (C=O) groups is 6. The Kier molecular flexibility index (Phi) is 11.1. The number of carboxylic acids is 1. The molecule has 0 aromatic heterocycles. The van der Waals surface area contributed by atoms with Gasteiger partial charge in [0.05, 0.1) is 21.2 Å². The Labute approximate surface area is 271 Å². The summed E-state index contributed by atoms with van der Waals surface area (Å²) in [6.07, 6.45) is -4.71. The summed E-state index contributed by atoms with van der Waals surface area (Å²) < 4.78 is 10.2. The Morgan fingerprint density at radius 2 is 1.04 bits per heavy atom. The molecule has 0 bridgehead atoms. The van der Waals surface area contributed by atoms with E-state index in [4.69, 9.17) is 32.7 Å². The van der Waals surface area contributed by atoms with Crippen LogP contribution in [-0.2, 0) is 19.1 Å². The number of halogens is 2. The lowest BCUT2D eigenvalue weighted by Crippen LogP contribution is -2.54. The monoisotopic (exact) mass is 663 g/mol. The van der Waals surface area contributed by atoms with Gasteiger partial charge in [-0.3, -0.25) is 25.2 Å². The zero-order valence-electron chi connectivity index (χ0n) is 23.4. The molecule has 0 saturated carbocycles. The largest absolute Gasteiger partial charge is 0.478 e. The Morgan fingerprint density at radius 3 is 1.57 bits per heavy atom. The van der Waals surface area contributed by atoms with Gasteiger partial charge >= 0.3 is 17.9 Å². The van der Waals surface area contributed by atoms with Crippen molar-refractivity contribution in [3.8, 4) is 0 Å². The van der Waals surface area contributed by atoms with E-state index in [1.54, 1.807) is 30.3 Å². The molecule has 0 fully saturated rings. The maximum absolute atomic E-state index is 13.2. The van der Waals surface area contributed by atoms with Crippen LogP contribution in [0.4, 0.5) is 5.69 Å². The molecule has 0 aliphatic carbocycles. The molecule has 4 N–H and O–H groups in total. The number of nitrogens with one attached hydrogen (secondary N) is 3. The van der Waals surface area contributed by atoms with Crippen molar-refractivity contribution >= 4 is 64.5 Å². The summed E-state index contributed by atoms with van der Waals surface area (Å²) in [5.74, 6) is -6.89. The molecule has 4 aromatic carbocycles. The van der Waals surface area contributed by atoms with Gasteiger partial charge in [-0.15, -0.1) is 0 Å². The molecule has 3 amide bonds. The highest BCUT2D eigenvalue weighted by atomic mass is 35.5. The Hall–Kier alpha value is -5.72. The molecule has 0 unspecified atom stereocenters. The van der Waals surface area contributed by atoms with Crippen molar-refractivity contribution < 1.29 is 43.3 Å². The second-order valence-corrected chi connectivity index (χ2v) is 10.1. The van der Waals surface area contributed by atoms with Crippen LogP contribution >= 0.6 is 23.2 Å². The average Bonchev–Trinajstić information content (AvgIpc) is 3.05. The van der Waals surface area contributed by atoms with Crippen LogP contribution in [0.25, 0.3) is 0 Å². The third-order valence-corrected chi connectivity index (χ3v) is 6.83. The molecule has 2 atom stereocenters. The van der Waals surface area contributed by atoms with Crippen molar-refractivity contribution in [2.75, 3.05) is 5.32 Å². The van der Waals surface area contributed by atoms with Gasteiger partial charge in [0.15, 0.2) is 0 Å². The molecular weight excluding hydrogens is 641 g/mol. The smallest absolute Gasteiger partial charge is 0.349 e. The zero-order valence-corrected chi connectivity index (χ0v) is 25.0. The minimum Gasteiger partial charge on any atom is -0.478 e. The predicted octanol–water partition coefficient (Wildman–Crippen LogP) is 4.54. The standard InChI is InChI=1S/C32H23Cl2N3O9/c33-23-12-6-4-10-21(23)31(43)45-25(26(30(41)42)46-32(44)22-11-5-7-13-24(22)34)29(40)37-36-28(39)19-14-16-20(17-15-19)35-27(38)18-8-2-1-3-9-18/h1-17,25-26H,(H,35,38)(H,36,39)(H,37,40)(H,41,42)/t25-,26-/m0/s1. The minimum absolute atomic E-state index is 0.0301. The molecule has 14 heteroatoms. The Morgan fingerprint density at radius 1 is 0.565 bits per heavy atom. The highest BCUT2D eigenvalue weighted by Crippen LogP contribution is 2.21. The number of amides is 3. The molecular formula is C32H23Cl2N3O9. The van der Waals surface area contributed by atoms with Crippen LogP contribution in [0, 0.1) is 0 Å². The number of ether oxygens (including phenoxy) is 2. The van der Waals surface area contributed by atoms with Gasteiger partial charge < -0.3 is 19.9 Å². The second-order valence-electron chi connectivity index (χ2n) is 9.29. The molecule has 12 nitrogen and oxygen atoms in total. The SMILES string of the molecule is O=C(NNC(=O)[C@@H](OC(=O)c1ccccc1Cl)[C@H](OC(=O)c1ccccc1Cl)C(=O)O)c1ccc(NC(=O)c2ccccc2)cc1. The molecule has 4 aromatic rings. The van der Waals surface area contributed by atoms with Crippen LogP contribution < -0.4 is 16.2 Å². The fourth-order valence-corrected chi connectivity index (χ4v) is 4.29. The van der Waals surface area contributed by atoms with Gasteiger partial charge in [-0.1, -0.05) is 65.7 Å². The van der Waals surface area contributed by atoms with E-state index in [9.17, 15) is 33.9 Å². The van der Waals surface area contributed by atoms with E-state index < -0.39 is 41.9 Å². The first kappa shape index (κ1) is 33.2. The van der Waals surface area contributed by atoms with E-state index in [-0.39, 0.29) is 32.6 Å². The first-order valence-corrected chi connectivity index (χ1v) is 14.0. The number of rotatable bonds is 10. The molecule has 0 saturated heterocycles. The van der Waals surface area contributed by atoms with Gasteiger partial charge in [0.25, 0.3) is 17.7 Å². The van der Waals surface area contributed by atoms with E-state index in [0.29, 0.717) is 11.3 Å². The van der Waals surface area contributed by atoms with Crippen molar-refractivity contribution in [2.24, 2.45) is 0 Å². The number of carbonyl (C=O) groups excluding carboxylic acids is 5. The van der Waals surface area contributed by atoms with Crippen molar-refractivity contribution in [2.45, 2.75) is 12.2 Å². The molecule has 0 aliphatic heterocycles. The van der Waals surface area contributed by atoms with Gasteiger partial charge in [-0.05, 0) is 60.7 Å². The van der Waals surface area contributed by atoms with Crippen molar-refractivity contribution in [3.05, 3.63) is 135 Å². The van der Waals surface area contributed by atoms with Crippen LogP contribution in [-0.4, -0.2) is 52.9 Å². The molecule has 0 radical (unpaired) electrons. The summed E-state index contributed by atoms with van der Waals surface area (Å²) in [5.41, 5.74) is 4.46. The summed E-state index contributed by atoms with van der Waals surface area (Å²) >= 11 is 12.1. The number of carboxylic acid groups (broad SMARTS) is 1. The van der Waals surface area contributed by atoms with E-state index in [0.717, 1.165) is 0 Å². The van der Waals surface area contributed by atoms with Crippen LogP contribution in [0.15, 0.2) is 103 Å². The topological polar surface area (TPSA) is 177 Å². The third-order valence-electron chi connectivity index (χ3n) is 6.17. The lowest BCUT2D eigenvalue weighted by molar-refractivity contribution is -0.159. The third kappa shape index (κ3) is 8.46. The quantitative estimate of drug-likeness (QED) is 0.140. The Bertz CT molecular complexity index is 1780. The van der Waals surface area contributed by atoms with Gasteiger partial charge in [0.1, 0.15) is 0 Å². The number of hydrogen-bond donors (Lipinski definition) is 4.